The van der Waals surface area contributed by atoms with Gasteiger partial charge in [0, 0.05) is 19.0 Å². The van der Waals surface area contributed by atoms with E-state index in [4.69, 9.17) is 5.73 Å². The molecule has 7 nitrogen and oxygen atoms in total. The Hall–Kier alpha value is -2.35. The van der Waals surface area contributed by atoms with E-state index in [2.05, 4.69) is 10.4 Å². The van der Waals surface area contributed by atoms with Gasteiger partial charge in [0.15, 0.2) is 9.84 Å². The molecule has 0 aliphatic rings. The zero-order valence-corrected chi connectivity index (χ0v) is 12.7. The minimum absolute atomic E-state index is 0.134. The fraction of sp³-hybridized carbons (Fsp3) is 0.231. The van der Waals surface area contributed by atoms with Crippen molar-refractivity contribution in [2.24, 2.45) is 7.05 Å². The number of amides is 1. The van der Waals surface area contributed by atoms with Gasteiger partial charge in [0.25, 0.3) is 5.91 Å². The zero-order valence-electron chi connectivity index (χ0n) is 11.9. The highest BCUT2D eigenvalue weighted by molar-refractivity contribution is 7.90. The minimum atomic E-state index is -3.33. The molecule has 1 aromatic heterocycles. The summed E-state index contributed by atoms with van der Waals surface area (Å²) in [5.74, 6) is -0.443. The first-order valence-corrected chi connectivity index (χ1v) is 8.00. The van der Waals surface area contributed by atoms with Gasteiger partial charge in [0.2, 0.25) is 0 Å². The molecule has 0 aliphatic heterocycles. The maximum absolute atomic E-state index is 12.2. The van der Waals surface area contributed by atoms with Gasteiger partial charge in [0.05, 0.1) is 16.3 Å². The number of nitrogen functional groups attached to an aromatic ring is 1. The third kappa shape index (κ3) is 3.05. The van der Waals surface area contributed by atoms with Crippen molar-refractivity contribution in [2.75, 3.05) is 17.3 Å². The molecule has 0 atom stereocenters. The summed E-state index contributed by atoms with van der Waals surface area (Å²) in [6.45, 7) is 1.70. The first kappa shape index (κ1) is 15.0. The van der Waals surface area contributed by atoms with Crippen LogP contribution in [-0.2, 0) is 16.9 Å². The lowest BCUT2D eigenvalue weighted by atomic mass is 10.2. The standard InChI is InChI=1S/C13H16N4O3S/c1-8-11(14)12(17(2)16-8)13(18)15-9-5-4-6-10(7-9)21(3,19)20/h4-7H,14H2,1-3H3,(H,15,18). The topological polar surface area (TPSA) is 107 Å². The molecule has 1 aromatic carbocycles. The van der Waals surface area contributed by atoms with Crippen LogP contribution in [0.3, 0.4) is 0 Å². The van der Waals surface area contributed by atoms with E-state index < -0.39 is 15.7 Å². The molecule has 0 saturated carbocycles. The molecule has 0 fully saturated rings. The molecule has 2 rings (SSSR count). The highest BCUT2D eigenvalue weighted by atomic mass is 32.2. The van der Waals surface area contributed by atoms with Crippen molar-refractivity contribution in [3.8, 4) is 0 Å². The lowest BCUT2D eigenvalue weighted by molar-refractivity contribution is 0.101. The van der Waals surface area contributed by atoms with Gasteiger partial charge in [-0.15, -0.1) is 0 Å². The first-order chi connectivity index (χ1) is 9.70. The van der Waals surface area contributed by atoms with Gasteiger partial charge in [-0.05, 0) is 25.1 Å². The Kier molecular flexibility index (Phi) is 3.73. The van der Waals surface area contributed by atoms with Crippen LogP contribution in [0.25, 0.3) is 0 Å². The second-order valence-corrected chi connectivity index (χ2v) is 6.74. The number of hydrogen-bond donors (Lipinski definition) is 2. The van der Waals surface area contributed by atoms with E-state index in [1.807, 2.05) is 0 Å². The van der Waals surface area contributed by atoms with Crippen LogP contribution in [0, 0.1) is 6.92 Å². The van der Waals surface area contributed by atoms with Crippen molar-refractivity contribution >= 4 is 27.1 Å². The Morgan fingerprint density at radius 3 is 2.57 bits per heavy atom. The molecular formula is C13H16N4O3S. The van der Waals surface area contributed by atoms with Crippen molar-refractivity contribution in [3.05, 3.63) is 35.7 Å². The third-order valence-corrected chi connectivity index (χ3v) is 4.11. The molecule has 21 heavy (non-hydrogen) atoms. The fourth-order valence-corrected chi connectivity index (χ4v) is 2.61. The summed E-state index contributed by atoms with van der Waals surface area (Å²) in [5.41, 5.74) is 7.29. The van der Waals surface area contributed by atoms with Crippen molar-refractivity contribution in [1.29, 1.82) is 0 Å². The summed E-state index contributed by atoms with van der Waals surface area (Å²) >= 11 is 0. The molecule has 0 bridgehead atoms. The van der Waals surface area contributed by atoms with Crippen LogP contribution < -0.4 is 11.1 Å². The first-order valence-electron chi connectivity index (χ1n) is 6.10. The second-order valence-electron chi connectivity index (χ2n) is 4.73. The molecule has 0 spiro atoms. The number of carbonyl (C=O) groups excluding carboxylic acids is 1. The Bertz CT molecular complexity index is 809. The maximum atomic E-state index is 12.2. The molecule has 3 N–H and O–H groups in total. The highest BCUT2D eigenvalue weighted by Crippen LogP contribution is 2.19. The quantitative estimate of drug-likeness (QED) is 0.878. The van der Waals surface area contributed by atoms with E-state index in [1.54, 1.807) is 26.1 Å². The van der Waals surface area contributed by atoms with Crippen LogP contribution >= 0.6 is 0 Å². The van der Waals surface area contributed by atoms with Gasteiger partial charge in [0.1, 0.15) is 5.69 Å². The average molecular weight is 308 g/mol. The number of rotatable bonds is 3. The number of anilines is 2. The second kappa shape index (κ2) is 5.21. The van der Waals surface area contributed by atoms with E-state index in [-0.39, 0.29) is 10.6 Å². The van der Waals surface area contributed by atoms with E-state index in [0.717, 1.165) is 6.26 Å². The van der Waals surface area contributed by atoms with E-state index in [0.29, 0.717) is 17.1 Å². The Morgan fingerprint density at radius 2 is 2.05 bits per heavy atom. The molecule has 112 valence electrons. The number of carbonyl (C=O) groups is 1. The molecule has 8 heteroatoms. The molecule has 1 heterocycles. The largest absolute Gasteiger partial charge is 0.395 e. The SMILES string of the molecule is Cc1nn(C)c(C(=O)Nc2cccc(S(C)(=O)=O)c2)c1N. The Morgan fingerprint density at radius 1 is 1.38 bits per heavy atom. The predicted octanol–water partition coefficient (Wildman–Crippen LogP) is 0.967. The van der Waals surface area contributed by atoms with Crippen LogP contribution in [0.15, 0.2) is 29.2 Å². The van der Waals surface area contributed by atoms with Gasteiger partial charge in [-0.3, -0.25) is 9.48 Å². The van der Waals surface area contributed by atoms with Crippen LogP contribution in [0.4, 0.5) is 11.4 Å². The van der Waals surface area contributed by atoms with Gasteiger partial charge in [-0.25, -0.2) is 8.42 Å². The summed E-state index contributed by atoms with van der Waals surface area (Å²) in [6, 6.07) is 6.02. The third-order valence-electron chi connectivity index (χ3n) is 3.00. The van der Waals surface area contributed by atoms with Crippen LogP contribution in [0.2, 0.25) is 0 Å². The zero-order chi connectivity index (χ0) is 15.8. The number of hydrogen-bond acceptors (Lipinski definition) is 5. The predicted molar refractivity (Wildman–Crippen MR) is 79.9 cm³/mol. The molecule has 0 radical (unpaired) electrons. The smallest absolute Gasteiger partial charge is 0.276 e. The molecule has 0 aliphatic carbocycles. The number of nitrogens with two attached hydrogens (primary N) is 1. The van der Waals surface area contributed by atoms with Gasteiger partial charge >= 0.3 is 0 Å². The molecular weight excluding hydrogens is 292 g/mol. The average Bonchev–Trinajstić information content (AvgIpc) is 2.62. The molecule has 2 aromatic rings. The minimum Gasteiger partial charge on any atom is -0.395 e. The van der Waals surface area contributed by atoms with Crippen molar-refractivity contribution in [1.82, 2.24) is 9.78 Å². The number of benzene rings is 1. The number of sulfone groups is 1. The van der Waals surface area contributed by atoms with Gasteiger partial charge < -0.3 is 11.1 Å². The maximum Gasteiger partial charge on any atom is 0.276 e. The summed E-state index contributed by atoms with van der Waals surface area (Å²) in [6.07, 6.45) is 1.11. The van der Waals surface area contributed by atoms with E-state index in [9.17, 15) is 13.2 Å². The number of aryl methyl sites for hydroxylation is 2. The Balaban J connectivity index is 2.32. The highest BCUT2D eigenvalue weighted by Gasteiger charge is 2.18. The summed E-state index contributed by atoms with van der Waals surface area (Å²) in [7, 11) is -1.72. The number of nitrogens with zero attached hydrogens (tertiary/aromatic N) is 2. The van der Waals surface area contributed by atoms with Crippen LogP contribution in [0.5, 0.6) is 0 Å². The fourth-order valence-electron chi connectivity index (χ4n) is 1.94. The van der Waals surface area contributed by atoms with Crippen molar-refractivity contribution in [2.45, 2.75) is 11.8 Å². The van der Waals surface area contributed by atoms with E-state index >= 15 is 0 Å². The summed E-state index contributed by atoms with van der Waals surface area (Å²) in [5, 5.41) is 6.69. The molecule has 1 amide bonds. The monoisotopic (exact) mass is 308 g/mol. The van der Waals surface area contributed by atoms with Gasteiger partial charge in [-0.1, -0.05) is 6.07 Å². The van der Waals surface area contributed by atoms with Crippen molar-refractivity contribution < 1.29 is 13.2 Å². The number of nitrogens with one attached hydrogen (secondary N) is 1. The molecule has 0 saturated heterocycles. The molecule has 0 unspecified atom stereocenters. The van der Waals surface area contributed by atoms with Crippen molar-refractivity contribution in [3.63, 3.8) is 0 Å². The normalized spacial score (nSPS) is 11.4. The summed E-state index contributed by atoms with van der Waals surface area (Å²) < 4.78 is 24.4. The lowest BCUT2D eigenvalue weighted by Gasteiger charge is -2.07. The van der Waals surface area contributed by atoms with Crippen LogP contribution in [0.1, 0.15) is 16.2 Å². The van der Waals surface area contributed by atoms with Gasteiger partial charge in [-0.2, -0.15) is 5.10 Å². The summed E-state index contributed by atoms with van der Waals surface area (Å²) in [4.78, 5) is 12.4. The Labute approximate surface area is 122 Å². The van der Waals surface area contributed by atoms with E-state index in [1.165, 1.54) is 16.8 Å². The van der Waals surface area contributed by atoms with Crippen LogP contribution in [-0.4, -0.2) is 30.4 Å². The number of aromatic nitrogens is 2. The lowest BCUT2D eigenvalue weighted by Crippen LogP contribution is -2.17.